The molecule has 4 rings (SSSR count). The van der Waals surface area contributed by atoms with Crippen molar-refractivity contribution in [2.24, 2.45) is 0 Å². The van der Waals surface area contributed by atoms with Gasteiger partial charge in [-0.3, -0.25) is 4.79 Å². The van der Waals surface area contributed by atoms with Crippen molar-refractivity contribution in [3.05, 3.63) is 65.7 Å². The number of aryl methyl sites for hydroxylation is 1. The van der Waals surface area contributed by atoms with Crippen LogP contribution in [-0.4, -0.2) is 36.1 Å². The van der Waals surface area contributed by atoms with Crippen LogP contribution >= 0.6 is 0 Å². The molecule has 0 aliphatic carbocycles. The Morgan fingerprint density at radius 3 is 2.64 bits per heavy atom. The van der Waals surface area contributed by atoms with Gasteiger partial charge in [-0.25, -0.2) is 17.5 Å². The topological polar surface area (TPSA) is 106 Å². The van der Waals surface area contributed by atoms with Gasteiger partial charge in [0.05, 0.1) is 10.6 Å². The van der Waals surface area contributed by atoms with Crippen LogP contribution in [0.5, 0.6) is 0 Å². The van der Waals surface area contributed by atoms with Gasteiger partial charge in [-0.2, -0.15) is 0 Å². The number of hydrogen-bond donors (Lipinski definition) is 2. The first kappa shape index (κ1) is 22.8. The minimum atomic E-state index is -3.53. The first-order chi connectivity index (χ1) is 15.9. The second kappa shape index (κ2) is 9.63. The number of fused-ring (bicyclic) bond motifs is 1. The van der Waals surface area contributed by atoms with Gasteiger partial charge in [0.15, 0.2) is 5.82 Å². The molecule has 1 aliphatic rings. The average molecular weight is 470 g/mol. The van der Waals surface area contributed by atoms with Crippen molar-refractivity contribution in [1.29, 1.82) is 0 Å². The molecule has 0 saturated carbocycles. The van der Waals surface area contributed by atoms with Crippen molar-refractivity contribution in [3.63, 3.8) is 0 Å². The van der Waals surface area contributed by atoms with Gasteiger partial charge in [-0.1, -0.05) is 18.6 Å². The predicted molar refractivity (Wildman–Crippen MR) is 123 cm³/mol. The molecule has 172 valence electrons. The Balaban J connectivity index is 1.49. The second-order valence-corrected chi connectivity index (χ2v) is 9.58. The van der Waals surface area contributed by atoms with Crippen molar-refractivity contribution in [2.45, 2.75) is 37.1 Å². The van der Waals surface area contributed by atoms with E-state index in [-0.39, 0.29) is 10.6 Å². The first-order valence-corrected chi connectivity index (χ1v) is 12.1. The third-order valence-electron chi connectivity index (χ3n) is 5.48. The lowest BCUT2D eigenvalue weighted by atomic mass is 10.1. The normalized spacial score (nSPS) is 14.1. The molecule has 0 bridgehead atoms. The number of nitrogens with zero attached hydrogens (tertiary/aromatic N) is 3. The summed E-state index contributed by atoms with van der Waals surface area (Å²) in [7, 11) is -2.19. The van der Waals surface area contributed by atoms with Crippen LogP contribution in [0.25, 0.3) is 17.5 Å². The zero-order valence-corrected chi connectivity index (χ0v) is 18.9. The molecule has 0 spiro atoms. The van der Waals surface area contributed by atoms with Crippen LogP contribution < -0.4 is 10.0 Å². The number of carbonyl (C=O) groups excluding carboxylic acids is 1. The molecule has 0 saturated heterocycles. The van der Waals surface area contributed by atoms with E-state index in [0.717, 1.165) is 38.1 Å². The molecule has 0 atom stereocenters. The highest BCUT2D eigenvalue weighted by molar-refractivity contribution is 7.89. The van der Waals surface area contributed by atoms with E-state index in [1.807, 2.05) is 0 Å². The summed E-state index contributed by atoms with van der Waals surface area (Å²) in [6.45, 7) is 0.813. The van der Waals surface area contributed by atoms with Gasteiger partial charge in [0, 0.05) is 24.6 Å². The van der Waals surface area contributed by atoms with Crippen molar-refractivity contribution in [3.8, 4) is 11.4 Å². The van der Waals surface area contributed by atoms with Gasteiger partial charge in [-0.05, 0) is 61.9 Å². The van der Waals surface area contributed by atoms with Gasteiger partial charge in [0.1, 0.15) is 11.6 Å². The fraction of sp³-hybridized carbons (Fsp3) is 0.261. The molecule has 0 unspecified atom stereocenters. The third kappa shape index (κ3) is 5.18. The van der Waals surface area contributed by atoms with Gasteiger partial charge >= 0.3 is 0 Å². The van der Waals surface area contributed by atoms with Crippen molar-refractivity contribution in [2.75, 3.05) is 12.4 Å². The Labute approximate surface area is 191 Å². The first-order valence-electron chi connectivity index (χ1n) is 10.6. The summed E-state index contributed by atoms with van der Waals surface area (Å²) in [6, 6.07) is 10.5. The Morgan fingerprint density at radius 2 is 1.88 bits per heavy atom. The van der Waals surface area contributed by atoms with Crippen LogP contribution in [0, 0.1) is 5.82 Å². The van der Waals surface area contributed by atoms with E-state index in [0.29, 0.717) is 17.0 Å². The molecular weight excluding hydrogens is 445 g/mol. The number of halogens is 1. The summed E-state index contributed by atoms with van der Waals surface area (Å²) in [4.78, 5) is 12.5. The molecule has 8 nitrogen and oxygen atoms in total. The molecule has 0 radical (unpaired) electrons. The summed E-state index contributed by atoms with van der Waals surface area (Å²) in [5.74, 6) is 0.513. The van der Waals surface area contributed by atoms with E-state index >= 15 is 0 Å². The number of sulfonamides is 1. The van der Waals surface area contributed by atoms with Gasteiger partial charge in [-0.15, -0.1) is 10.2 Å². The highest BCUT2D eigenvalue weighted by atomic mass is 32.2. The lowest BCUT2D eigenvalue weighted by Crippen LogP contribution is -2.18. The maximum atomic E-state index is 14.4. The Bertz CT molecular complexity index is 1300. The Hall–Kier alpha value is -3.37. The second-order valence-electron chi connectivity index (χ2n) is 7.70. The Morgan fingerprint density at radius 1 is 1.09 bits per heavy atom. The minimum Gasteiger partial charge on any atom is -0.320 e. The number of rotatable bonds is 6. The SMILES string of the molecule is CNS(=O)(=O)c1ccc(/C=C/C(=O)Nc2cc(-c3nnc4n3CCCCC4)ccc2F)cc1. The number of carbonyl (C=O) groups is 1. The van der Waals surface area contributed by atoms with Crippen LogP contribution in [0.2, 0.25) is 0 Å². The van der Waals surface area contributed by atoms with Crippen LogP contribution in [0.1, 0.15) is 30.7 Å². The standard InChI is InChI=1S/C23H24FN5O3S/c1-25-33(31,32)18-10-6-16(7-11-18)8-13-22(30)26-20-15-17(9-12-19(20)24)23-28-27-21-5-3-2-4-14-29(21)23/h6-13,15,25H,2-5,14H2,1H3,(H,26,30)/b13-8+. The molecular formula is C23H24FN5O3S. The molecule has 10 heteroatoms. The molecule has 1 aliphatic heterocycles. The van der Waals surface area contributed by atoms with Crippen LogP contribution in [0.15, 0.2) is 53.4 Å². The van der Waals surface area contributed by atoms with E-state index in [1.165, 1.54) is 37.4 Å². The fourth-order valence-corrected chi connectivity index (χ4v) is 4.41. The smallest absolute Gasteiger partial charge is 0.248 e. The molecule has 1 amide bonds. The van der Waals surface area contributed by atoms with E-state index < -0.39 is 21.7 Å². The lowest BCUT2D eigenvalue weighted by Gasteiger charge is -2.09. The summed E-state index contributed by atoms with van der Waals surface area (Å²) >= 11 is 0. The molecule has 3 aromatic rings. The average Bonchev–Trinajstić information content (AvgIpc) is 3.07. The zero-order chi connectivity index (χ0) is 23.4. The summed E-state index contributed by atoms with van der Waals surface area (Å²) in [5, 5.41) is 11.1. The van der Waals surface area contributed by atoms with E-state index in [2.05, 4.69) is 24.8 Å². The summed E-state index contributed by atoms with van der Waals surface area (Å²) < 4.78 is 42.3. The number of benzene rings is 2. The monoisotopic (exact) mass is 469 g/mol. The molecule has 2 aromatic carbocycles. The van der Waals surface area contributed by atoms with Crippen molar-refractivity contribution >= 4 is 27.7 Å². The molecule has 2 N–H and O–H groups in total. The fourth-order valence-electron chi connectivity index (χ4n) is 3.68. The summed E-state index contributed by atoms with van der Waals surface area (Å²) in [5.41, 5.74) is 1.35. The number of aromatic nitrogens is 3. The molecule has 0 fully saturated rings. The van der Waals surface area contributed by atoms with E-state index in [4.69, 9.17) is 0 Å². The van der Waals surface area contributed by atoms with Crippen molar-refractivity contribution in [1.82, 2.24) is 19.5 Å². The minimum absolute atomic E-state index is 0.0450. The number of amides is 1. The Kier molecular flexibility index (Phi) is 6.66. The van der Waals surface area contributed by atoms with E-state index in [1.54, 1.807) is 24.3 Å². The summed E-state index contributed by atoms with van der Waals surface area (Å²) in [6.07, 6.45) is 6.89. The van der Waals surface area contributed by atoms with Crippen LogP contribution in [0.4, 0.5) is 10.1 Å². The number of anilines is 1. The largest absolute Gasteiger partial charge is 0.320 e. The zero-order valence-electron chi connectivity index (χ0n) is 18.1. The van der Waals surface area contributed by atoms with E-state index in [9.17, 15) is 17.6 Å². The quantitative estimate of drug-likeness (QED) is 0.539. The van der Waals surface area contributed by atoms with Crippen LogP contribution in [0.3, 0.4) is 0 Å². The molecule has 2 heterocycles. The maximum Gasteiger partial charge on any atom is 0.248 e. The van der Waals surface area contributed by atoms with Gasteiger partial charge in [0.25, 0.3) is 0 Å². The molecule has 1 aromatic heterocycles. The maximum absolute atomic E-state index is 14.4. The highest BCUT2D eigenvalue weighted by Crippen LogP contribution is 2.26. The predicted octanol–water partition coefficient (Wildman–Crippen LogP) is 3.37. The lowest BCUT2D eigenvalue weighted by molar-refractivity contribution is -0.111. The van der Waals surface area contributed by atoms with Crippen LogP contribution in [-0.2, 0) is 27.8 Å². The van der Waals surface area contributed by atoms with Gasteiger partial charge in [0.2, 0.25) is 15.9 Å². The highest BCUT2D eigenvalue weighted by Gasteiger charge is 2.17. The number of nitrogens with one attached hydrogen (secondary N) is 2. The van der Waals surface area contributed by atoms with Gasteiger partial charge < -0.3 is 9.88 Å². The van der Waals surface area contributed by atoms with Crippen molar-refractivity contribution < 1.29 is 17.6 Å². The number of hydrogen-bond acceptors (Lipinski definition) is 5. The molecule has 33 heavy (non-hydrogen) atoms. The third-order valence-corrected chi connectivity index (χ3v) is 6.91.